The molecule has 0 heterocycles. The Labute approximate surface area is 224 Å². The van der Waals surface area contributed by atoms with E-state index < -0.39 is 0 Å². The summed E-state index contributed by atoms with van der Waals surface area (Å²) in [6, 6.07) is 0. The Morgan fingerprint density at radius 1 is 0.543 bits per heavy atom. The van der Waals surface area contributed by atoms with E-state index in [9.17, 15) is 0 Å². The van der Waals surface area contributed by atoms with Crippen LogP contribution in [0.25, 0.3) is 0 Å². The fourth-order valence-electron chi connectivity index (χ4n) is 5.69. The maximum Gasteiger partial charge on any atom is -0.00189 e. The molecule has 0 saturated carbocycles. The molecule has 0 amide bonds. The zero-order valence-corrected chi connectivity index (χ0v) is 25.5. The third kappa shape index (κ3) is 23.8. The van der Waals surface area contributed by atoms with Crippen LogP contribution in [0, 0.1) is 11.8 Å². The number of nitrogens with zero attached hydrogens (tertiary/aromatic N) is 1. The van der Waals surface area contributed by atoms with E-state index >= 15 is 0 Å². The highest BCUT2D eigenvalue weighted by atomic mass is 15.1. The molecule has 0 aliphatic rings. The van der Waals surface area contributed by atoms with Gasteiger partial charge in [-0.25, -0.2) is 0 Å². The third-order valence-electron chi connectivity index (χ3n) is 8.35. The van der Waals surface area contributed by atoms with Crippen molar-refractivity contribution in [3.63, 3.8) is 0 Å². The number of unbranched alkanes of at least 4 members (excludes halogenated alkanes) is 10. The molecule has 0 radical (unpaired) electrons. The smallest absolute Gasteiger partial charge is 0.00189 e. The minimum Gasteiger partial charge on any atom is -0.304 e. The van der Waals surface area contributed by atoms with Gasteiger partial charge in [0.25, 0.3) is 0 Å². The second kappa shape index (κ2) is 26.8. The minimum atomic E-state index is 0.990. The molecule has 0 N–H and O–H groups in total. The molecule has 0 rings (SSSR count). The second-order valence-electron chi connectivity index (χ2n) is 11.8. The van der Waals surface area contributed by atoms with E-state index in [0.29, 0.717) is 0 Å². The van der Waals surface area contributed by atoms with Gasteiger partial charge in [0.2, 0.25) is 0 Å². The highest BCUT2D eigenvalue weighted by Gasteiger charge is 2.11. The molecule has 35 heavy (non-hydrogen) atoms. The lowest BCUT2D eigenvalue weighted by atomic mass is 9.87. The van der Waals surface area contributed by atoms with E-state index in [1.807, 2.05) is 0 Å². The average molecular weight is 492 g/mol. The lowest BCUT2D eigenvalue weighted by molar-refractivity contribution is 0.273. The van der Waals surface area contributed by atoms with E-state index in [-0.39, 0.29) is 0 Å². The van der Waals surface area contributed by atoms with Crippen LogP contribution in [0.15, 0.2) is 12.2 Å². The van der Waals surface area contributed by atoms with Gasteiger partial charge in [-0.1, -0.05) is 149 Å². The molecular formula is C34H69N. The molecule has 1 atom stereocenters. The first kappa shape index (κ1) is 34.7. The predicted octanol–water partition coefficient (Wildman–Crippen LogP) is 11.8. The summed E-state index contributed by atoms with van der Waals surface area (Å²) in [5, 5.41) is 0. The molecule has 210 valence electrons. The Morgan fingerprint density at radius 2 is 1.00 bits per heavy atom. The average Bonchev–Trinajstić information content (AvgIpc) is 2.86. The molecule has 1 heteroatoms. The molecule has 0 aliphatic heterocycles. The van der Waals surface area contributed by atoms with E-state index in [2.05, 4.69) is 46.1 Å². The van der Waals surface area contributed by atoms with Crippen molar-refractivity contribution in [2.75, 3.05) is 19.6 Å². The Hall–Kier alpha value is -0.300. The molecule has 1 nitrogen and oxygen atoms in total. The third-order valence-corrected chi connectivity index (χ3v) is 8.35. The minimum absolute atomic E-state index is 0.990. The largest absolute Gasteiger partial charge is 0.304 e. The molecule has 0 aromatic rings. The maximum atomic E-state index is 4.01. The number of rotatable bonds is 28. The highest BCUT2D eigenvalue weighted by Crippen LogP contribution is 2.26. The summed E-state index contributed by atoms with van der Waals surface area (Å²) in [6.45, 7) is 19.5. The summed E-state index contributed by atoms with van der Waals surface area (Å²) in [6.07, 6.45) is 31.3. The van der Waals surface area contributed by atoms with E-state index in [1.54, 1.807) is 0 Å². The normalized spacial score (nSPS) is 12.7. The number of allylic oxidation sites excluding steroid dienone is 1. The van der Waals surface area contributed by atoms with Crippen molar-refractivity contribution < 1.29 is 0 Å². The first-order valence-corrected chi connectivity index (χ1v) is 16.4. The molecule has 1 unspecified atom stereocenters. The Bertz CT molecular complexity index is 420. The monoisotopic (exact) mass is 492 g/mol. The molecule has 0 aromatic heterocycles. The van der Waals surface area contributed by atoms with Gasteiger partial charge < -0.3 is 4.90 Å². The lowest BCUT2D eigenvalue weighted by Crippen LogP contribution is -2.25. The van der Waals surface area contributed by atoms with Crippen LogP contribution in [0.3, 0.4) is 0 Å². The van der Waals surface area contributed by atoms with Crippen LogP contribution in [-0.4, -0.2) is 24.5 Å². The van der Waals surface area contributed by atoms with Crippen LogP contribution < -0.4 is 0 Å². The first-order valence-electron chi connectivity index (χ1n) is 16.4. The first-order chi connectivity index (χ1) is 17.1. The molecular weight excluding hydrogens is 422 g/mol. The van der Waals surface area contributed by atoms with Gasteiger partial charge in [0, 0.05) is 0 Å². The maximum absolute atomic E-state index is 4.01. The van der Waals surface area contributed by atoms with Gasteiger partial charge in [-0.15, -0.1) is 6.58 Å². The van der Waals surface area contributed by atoms with Crippen molar-refractivity contribution in [1.29, 1.82) is 0 Å². The molecule has 0 aliphatic carbocycles. The van der Waals surface area contributed by atoms with Crippen molar-refractivity contribution in [3.8, 4) is 0 Å². The van der Waals surface area contributed by atoms with Gasteiger partial charge in [0.15, 0.2) is 0 Å². The SMILES string of the molecule is C=C(C)CCCCCCCN(CC)CCCCCCCC(CC)CCCC(CCCC)CCCC. The zero-order valence-electron chi connectivity index (χ0n) is 25.5. The van der Waals surface area contributed by atoms with Crippen molar-refractivity contribution in [3.05, 3.63) is 12.2 Å². The summed E-state index contributed by atoms with van der Waals surface area (Å²) in [5.41, 5.74) is 1.34. The van der Waals surface area contributed by atoms with Gasteiger partial charge in [-0.05, 0) is 64.1 Å². The Morgan fingerprint density at radius 3 is 1.51 bits per heavy atom. The zero-order chi connectivity index (χ0) is 26.0. The second-order valence-corrected chi connectivity index (χ2v) is 11.8. The summed E-state index contributed by atoms with van der Waals surface area (Å²) in [4.78, 5) is 2.69. The fraction of sp³-hybridized carbons (Fsp3) is 0.941. The summed E-state index contributed by atoms with van der Waals surface area (Å²) in [7, 11) is 0. The lowest BCUT2D eigenvalue weighted by Gasteiger charge is -2.20. The fourth-order valence-corrected chi connectivity index (χ4v) is 5.69. The molecule has 0 bridgehead atoms. The van der Waals surface area contributed by atoms with Gasteiger partial charge in [-0.3, -0.25) is 0 Å². The van der Waals surface area contributed by atoms with Crippen LogP contribution in [0.1, 0.15) is 176 Å². The standard InChI is InChI=1S/C34H69N/c1-7-11-25-34(26-12-8-2)29-23-28-33(9-3)27-20-16-14-18-22-31-35(10-4)30-21-17-13-15-19-24-32(5)6/h33-34H,5,7-31H2,1-4,6H3. The van der Waals surface area contributed by atoms with Crippen molar-refractivity contribution in [2.24, 2.45) is 11.8 Å². The summed E-state index contributed by atoms with van der Waals surface area (Å²) < 4.78 is 0. The van der Waals surface area contributed by atoms with E-state index in [4.69, 9.17) is 0 Å². The number of hydrogen-bond donors (Lipinski definition) is 0. The van der Waals surface area contributed by atoms with Crippen LogP contribution in [0.4, 0.5) is 0 Å². The predicted molar refractivity (Wildman–Crippen MR) is 163 cm³/mol. The van der Waals surface area contributed by atoms with Crippen LogP contribution >= 0.6 is 0 Å². The Kier molecular flexibility index (Phi) is 26.5. The Balaban J connectivity index is 3.74. The van der Waals surface area contributed by atoms with Gasteiger partial charge in [0.05, 0.1) is 0 Å². The quantitative estimate of drug-likeness (QED) is 0.0776. The van der Waals surface area contributed by atoms with Gasteiger partial charge in [0.1, 0.15) is 0 Å². The topological polar surface area (TPSA) is 3.24 Å². The molecule has 0 aromatic carbocycles. The molecule has 0 fully saturated rings. The highest BCUT2D eigenvalue weighted by molar-refractivity contribution is 4.87. The van der Waals surface area contributed by atoms with Crippen LogP contribution in [0.2, 0.25) is 0 Å². The van der Waals surface area contributed by atoms with Crippen LogP contribution in [0.5, 0.6) is 0 Å². The van der Waals surface area contributed by atoms with Crippen molar-refractivity contribution >= 4 is 0 Å². The van der Waals surface area contributed by atoms with Crippen molar-refractivity contribution in [1.82, 2.24) is 4.90 Å². The molecule has 0 saturated heterocycles. The summed E-state index contributed by atoms with van der Waals surface area (Å²) in [5.74, 6) is 2.01. The summed E-state index contributed by atoms with van der Waals surface area (Å²) >= 11 is 0. The van der Waals surface area contributed by atoms with Crippen molar-refractivity contribution in [2.45, 2.75) is 176 Å². The van der Waals surface area contributed by atoms with E-state index in [0.717, 1.165) is 11.8 Å². The van der Waals surface area contributed by atoms with E-state index in [1.165, 1.54) is 166 Å². The van der Waals surface area contributed by atoms with Gasteiger partial charge >= 0.3 is 0 Å². The van der Waals surface area contributed by atoms with Crippen LogP contribution in [-0.2, 0) is 0 Å². The molecule has 0 spiro atoms. The van der Waals surface area contributed by atoms with Gasteiger partial charge in [-0.2, -0.15) is 0 Å². The number of hydrogen-bond acceptors (Lipinski definition) is 1.